The van der Waals surface area contributed by atoms with E-state index in [1.54, 1.807) is 18.2 Å². The normalized spacial score (nSPS) is 13.6. The van der Waals surface area contributed by atoms with E-state index in [1.807, 2.05) is 23.1 Å². The van der Waals surface area contributed by atoms with Crippen LogP contribution in [0.15, 0.2) is 53.5 Å². The van der Waals surface area contributed by atoms with Gasteiger partial charge in [-0.2, -0.15) is 9.78 Å². The molecule has 1 aromatic heterocycles. The van der Waals surface area contributed by atoms with Crippen LogP contribution in [0.25, 0.3) is 5.69 Å². The van der Waals surface area contributed by atoms with E-state index in [-0.39, 0.29) is 16.0 Å². The Hall–Kier alpha value is -2.54. The Morgan fingerprint density at radius 3 is 2.55 bits per heavy atom. The molecule has 1 amide bonds. The molecule has 1 fully saturated rings. The lowest BCUT2D eigenvalue weighted by Crippen LogP contribution is -2.23. The first kappa shape index (κ1) is 21.7. The van der Waals surface area contributed by atoms with Crippen molar-refractivity contribution in [2.75, 3.05) is 11.9 Å². The monoisotopic (exact) mass is 476 g/mol. The molecule has 1 aliphatic heterocycles. The van der Waals surface area contributed by atoms with Crippen LogP contribution in [0, 0.1) is 0 Å². The Labute approximate surface area is 194 Å². The first-order valence-corrected chi connectivity index (χ1v) is 10.9. The van der Waals surface area contributed by atoms with Gasteiger partial charge < -0.3 is 10.2 Å². The Bertz CT molecular complexity index is 1200. The van der Waals surface area contributed by atoms with Gasteiger partial charge in [0.25, 0.3) is 5.56 Å². The van der Waals surface area contributed by atoms with Crippen LogP contribution in [0.5, 0.6) is 0 Å². The zero-order valence-electron chi connectivity index (χ0n) is 16.4. The van der Waals surface area contributed by atoms with Crippen molar-refractivity contribution in [2.45, 2.75) is 25.9 Å². The number of rotatable bonds is 6. The fourth-order valence-electron chi connectivity index (χ4n) is 3.50. The molecule has 0 unspecified atom stereocenters. The van der Waals surface area contributed by atoms with Crippen molar-refractivity contribution >= 4 is 46.4 Å². The van der Waals surface area contributed by atoms with Crippen LogP contribution in [-0.4, -0.2) is 27.1 Å². The summed E-state index contributed by atoms with van der Waals surface area (Å²) in [6.07, 6.45) is 2.88. The summed E-state index contributed by atoms with van der Waals surface area (Å²) < 4.78 is 1.15. The lowest BCUT2D eigenvalue weighted by atomic mass is 10.1. The average Bonchev–Trinajstić information content (AvgIpc) is 3.16. The minimum absolute atomic E-state index is 0.0921. The highest BCUT2D eigenvalue weighted by atomic mass is 35.5. The second-order valence-electron chi connectivity index (χ2n) is 7.28. The number of carbonyl (C=O) groups is 1. The second-order valence-corrected chi connectivity index (χ2v) is 8.47. The predicted molar refractivity (Wildman–Crippen MR) is 123 cm³/mol. The Kier molecular flexibility index (Phi) is 6.51. The van der Waals surface area contributed by atoms with Crippen molar-refractivity contribution in [3.05, 3.63) is 85.2 Å². The second kappa shape index (κ2) is 9.30. The van der Waals surface area contributed by atoms with Gasteiger partial charge in [0.2, 0.25) is 5.91 Å². The number of aromatic nitrogens is 2. The minimum Gasteiger partial charge on any atom is -0.380 e. The lowest BCUT2D eigenvalue weighted by molar-refractivity contribution is -0.128. The van der Waals surface area contributed by atoms with Gasteiger partial charge in [-0.3, -0.25) is 9.59 Å². The molecule has 6 nitrogen and oxygen atoms in total. The van der Waals surface area contributed by atoms with Crippen LogP contribution in [0.3, 0.4) is 0 Å². The maximum absolute atomic E-state index is 12.3. The summed E-state index contributed by atoms with van der Waals surface area (Å²) in [5.74, 6) is 0.214. The topological polar surface area (TPSA) is 67.2 Å². The SMILES string of the molecule is O=C1CCCN1Cc1cccc(CNc2ccc(-n3ncc(Cl)c(Cl)c3=O)cc2Cl)c1. The molecule has 1 N–H and O–H groups in total. The van der Waals surface area contributed by atoms with Crippen LogP contribution in [0.2, 0.25) is 15.1 Å². The van der Waals surface area contributed by atoms with E-state index in [9.17, 15) is 9.59 Å². The van der Waals surface area contributed by atoms with E-state index in [4.69, 9.17) is 34.8 Å². The Balaban J connectivity index is 1.46. The maximum Gasteiger partial charge on any atom is 0.291 e. The summed E-state index contributed by atoms with van der Waals surface area (Å²) in [6.45, 7) is 2.01. The highest BCUT2D eigenvalue weighted by Crippen LogP contribution is 2.26. The van der Waals surface area contributed by atoms with Crippen molar-refractivity contribution in [3.63, 3.8) is 0 Å². The van der Waals surface area contributed by atoms with Crippen LogP contribution in [-0.2, 0) is 17.9 Å². The van der Waals surface area contributed by atoms with Gasteiger partial charge in [-0.1, -0.05) is 59.1 Å². The Morgan fingerprint density at radius 2 is 1.81 bits per heavy atom. The molecule has 0 spiro atoms. The first-order valence-electron chi connectivity index (χ1n) is 9.75. The molecule has 3 aromatic rings. The lowest BCUT2D eigenvalue weighted by Gasteiger charge is -2.16. The molecular weight excluding hydrogens is 459 g/mol. The van der Waals surface area contributed by atoms with Gasteiger partial charge in [-0.15, -0.1) is 0 Å². The molecule has 0 bridgehead atoms. The van der Waals surface area contributed by atoms with Crippen molar-refractivity contribution in [3.8, 4) is 5.69 Å². The number of hydrogen-bond donors (Lipinski definition) is 1. The first-order chi connectivity index (χ1) is 14.9. The third-order valence-corrected chi connectivity index (χ3v) is 6.15. The molecule has 160 valence electrons. The average molecular weight is 478 g/mol. The Morgan fingerprint density at radius 1 is 1.00 bits per heavy atom. The zero-order chi connectivity index (χ0) is 22.0. The molecule has 0 aliphatic carbocycles. The number of carbonyl (C=O) groups excluding carboxylic acids is 1. The number of nitrogens with one attached hydrogen (secondary N) is 1. The molecule has 4 rings (SSSR count). The number of halogens is 3. The molecular formula is C22H19Cl3N4O2. The van der Waals surface area contributed by atoms with E-state index >= 15 is 0 Å². The number of likely N-dealkylation sites (tertiary alicyclic amines) is 1. The molecule has 2 heterocycles. The summed E-state index contributed by atoms with van der Waals surface area (Å²) in [6, 6.07) is 13.3. The van der Waals surface area contributed by atoms with Crippen molar-refractivity contribution in [1.29, 1.82) is 0 Å². The van der Waals surface area contributed by atoms with E-state index in [0.717, 1.165) is 34.5 Å². The highest BCUT2D eigenvalue weighted by molar-refractivity contribution is 6.41. The van der Waals surface area contributed by atoms with Gasteiger partial charge in [-0.05, 0) is 35.7 Å². The van der Waals surface area contributed by atoms with E-state index < -0.39 is 5.56 Å². The van der Waals surface area contributed by atoms with Gasteiger partial charge in [0.1, 0.15) is 5.02 Å². The summed E-state index contributed by atoms with van der Waals surface area (Å²) >= 11 is 18.2. The van der Waals surface area contributed by atoms with Crippen molar-refractivity contribution in [1.82, 2.24) is 14.7 Å². The number of hydrogen-bond acceptors (Lipinski definition) is 4. The van der Waals surface area contributed by atoms with Gasteiger partial charge in [0.05, 0.1) is 27.6 Å². The third-order valence-electron chi connectivity index (χ3n) is 5.09. The predicted octanol–water partition coefficient (Wildman–Crippen LogP) is 4.93. The number of benzene rings is 2. The molecule has 0 atom stereocenters. The smallest absolute Gasteiger partial charge is 0.291 e. The number of amides is 1. The number of anilines is 1. The molecule has 31 heavy (non-hydrogen) atoms. The molecule has 1 saturated heterocycles. The van der Waals surface area contributed by atoms with Crippen LogP contribution in [0.4, 0.5) is 5.69 Å². The van der Waals surface area contributed by atoms with E-state index in [0.29, 0.717) is 30.2 Å². The van der Waals surface area contributed by atoms with Gasteiger partial charge >= 0.3 is 0 Å². The van der Waals surface area contributed by atoms with Crippen molar-refractivity contribution in [2.24, 2.45) is 0 Å². The summed E-state index contributed by atoms with van der Waals surface area (Å²) in [7, 11) is 0. The van der Waals surface area contributed by atoms with Gasteiger partial charge in [0, 0.05) is 26.1 Å². The standard InChI is InChI=1S/C22H19Cl3N4O2/c23-17-10-16(29-22(31)21(25)18(24)12-27-29)6-7-19(17)26-11-14-3-1-4-15(9-14)13-28-8-2-5-20(28)30/h1,3-4,6-7,9-10,12,26H,2,5,8,11,13H2. The third kappa shape index (κ3) is 4.87. The van der Waals surface area contributed by atoms with Crippen LogP contribution >= 0.6 is 34.8 Å². The summed E-state index contributed by atoms with van der Waals surface area (Å²) in [5, 5.41) is 7.77. The fourth-order valence-corrected chi connectivity index (χ4v) is 4.00. The summed E-state index contributed by atoms with van der Waals surface area (Å²) in [5.41, 5.74) is 2.86. The van der Waals surface area contributed by atoms with Crippen LogP contribution in [0.1, 0.15) is 24.0 Å². The molecule has 0 saturated carbocycles. The van der Waals surface area contributed by atoms with E-state index in [1.165, 1.54) is 6.20 Å². The fraction of sp³-hybridized carbons (Fsp3) is 0.227. The van der Waals surface area contributed by atoms with Gasteiger partial charge in [0.15, 0.2) is 0 Å². The largest absolute Gasteiger partial charge is 0.380 e. The molecule has 2 aromatic carbocycles. The van der Waals surface area contributed by atoms with Gasteiger partial charge in [-0.25, -0.2) is 0 Å². The maximum atomic E-state index is 12.3. The molecule has 0 radical (unpaired) electrons. The van der Waals surface area contributed by atoms with Crippen LogP contribution < -0.4 is 10.9 Å². The molecule has 1 aliphatic rings. The zero-order valence-corrected chi connectivity index (χ0v) is 18.7. The molecule has 9 heteroatoms. The quantitative estimate of drug-likeness (QED) is 0.547. The summed E-state index contributed by atoms with van der Waals surface area (Å²) in [4.78, 5) is 26.0. The van der Waals surface area contributed by atoms with Crippen molar-refractivity contribution < 1.29 is 4.79 Å². The number of nitrogens with zero attached hydrogens (tertiary/aromatic N) is 3. The highest BCUT2D eigenvalue weighted by Gasteiger charge is 2.20. The minimum atomic E-state index is -0.515. The van der Waals surface area contributed by atoms with E-state index in [2.05, 4.69) is 16.5 Å².